The average molecular weight is 183 g/mol. The zero-order valence-corrected chi connectivity index (χ0v) is 7.48. The molecule has 0 heterocycles. The maximum Gasteiger partial charge on any atom is 0.293 e. The number of nitrogens with zero attached hydrogens (tertiary/aromatic N) is 3. The Morgan fingerprint density at radius 2 is 2.23 bits per heavy atom. The number of ether oxygens (including phenoxy) is 1. The second-order valence-corrected chi connectivity index (χ2v) is 3.31. The molecule has 1 fully saturated rings. The van der Waals surface area contributed by atoms with Gasteiger partial charge in [-0.15, -0.1) is 0 Å². The van der Waals surface area contributed by atoms with Crippen LogP contribution in [-0.4, -0.2) is 18.6 Å². The number of azide groups is 1. The van der Waals surface area contributed by atoms with Gasteiger partial charge < -0.3 is 4.74 Å². The van der Waals surface area contributed by atoms with Crippen LogP contribution in [0.15, 0.2) is 5.11 Å². The van der Waals surface area contributed by atoms with Crippen molar-refractivity contribution in [3.8, 4) is 0 Å². The topological polar surface area (TPSA) is 75.1 Å². The van der Waals surface area contributed by atoms with Crippen LogP contribution in [0.2, 0.25) is 0 Å². The summed E-state index contributed by atoms with van der Waals surface area (Å²) in [5, 5.41) is 3.45. The highest BCUT2D eigenvalue weighted by atomic mass is 16.5. The van der Waals surface area contributed by atoms with E-state index in [1.807, 2.05) is 0 Å². The summed E-state index contributed by atoms with van der Waals surface area (Å²) in [4.78, 5) is 12.9. The molecule has 0 amide bonds. The fraction of sp³-hybridized carbons (Fsp3) is 0.875. The van der Waals surface area contributed by atoms with Gasteiger partial charge in [0.1, 0.15) is 5.60 Å². The van der Waals surface area contributed by atoms with E-state index in [0.29, 0.717) is 19.4 Å². The van der Waals surface area contributed by atoms with Gasteiger partial charge in [-0.25, -0.2) is 0 Å². The Kier molecular flexibility index (Phi) is 3.58. The van der Waals surface area contributed by atoms with Gasteiger partial charge >= 0.3 is 0 Å². The minimum Gasteiger partial charge on any atom is -0.461 e. The first-order valence-electron chi connectivity index (χ1n) is 4.45. The Hall–Kier alpha value is -1.22. The van der Waals surface area contributed by atoms with E-state index in [2.05, 4.69) is 10.0 Å². The van der Waals surface area contributed by atoms with Crippen molar-refractivity contribution in [2.75, 3.05) is 6.54 Å². The molecule has 0 aromatic heterocycles. The first kappa shape index (κ1) is 9.86. The highest BCUT2D eigenvalue weighted by Crippen LogP contribution is 2.35. The molecule has 5 heteroatoms. The predicted molar refractivity (Wildman–Crippen MR) is 47.0 cm³/mol. The van der Waals surface area contributed by atoms with Crippen molar-refractivity contribution in [2.45, 2.75) is 37.7 Å². The third-order valence-corrected chi connectivity index (χ3v) is 2.54. The zero-order chi connectivity index (χ0) is 9.57. The highest BCUT2D eigenvalue weighted by molar-refractivity contribution is 5.38. The Morgan fingerprint density at radius 3 is 2.77 bits per heavy atom. The van der Waals surface area contributed by atoms with E-state index in [4.69, 9.17) is 10.3 Å². The van der Waals surface area contributed by atoms with Crippen LogP contribution in [0.5, 0.6) is 0 Å². The van der Waals surface area contributed by atoms with E-state index < -0.39 is 0 Å². The van der Waals surface area contributed by atoms with Crippen molar-refractivity contribution in [3.05, 3.63) is 10.4 Å². The van der Waals surface area contributed by atoms with Crippen molar-refractivity contribution >= 4 is 6.47 Å². The summed E-state index contributed by atoms with van der Waals surface area (Å²) in [5.41, 5.74) is 7.76. The number of carbonyl (C=O) groups excluding carboxylic acids is 1. The Balaban J connectivity index is 2.45. The summed E-state index contributed by atoms with van der Waals surface area (Å²) < 4.78 is 5.07. The highest BCUT2D eigenvalue weighted by Gasteiger charge is 2.34. The SMILES string of the molecule is [N-]=[N+]=NCCC1(OC=O)CCCC1. The van der Waals surface area contributed by atoms with E-state index >= 15 is 0 Å². The molecule has 0 atom stereocenters. The summed E-state index contributed by atoms with van der Waals surface area (Å²) in [7, 11) is 0. The van der Waals surface area contributed by atoms with Crippen molar-refractivity contribution in [3.63, 3.8) is 0 Å². The fourth-order valence-electron chi connectivity index (χ4n) is 1.85. The lowest BCUT2D eigenvalue weighted by Gasteiger charge is -2.25. The van der Waals surface area contributed by atoms with Crippen molar-refractivity contribution in [2.24, 2.45) is 5.11 Å². The number of carbonyl (C=O) groups is 1. The van der Waals surface area contributed by atoms with Gasteiger partial charge in [-0.2, -0.15) is 0 Å². The molecule has 13 heavy (non-hydrogen) atoms. The lowest BCUT2D eigenvalue weighted by molar-refractivity contribution is -0.143. The number of hydrogen-bond donors (Lipinski definition) is 0. The van der Waals surface area contributed by atoms with E-state index in [1.165, 1.54) is 0 Å². The van der Waals surface area contributed by atoms with Crippen LogP contribution in [0.25, 0.3) is 10.4 Å². The van der Waals surface area contributed by atoms with Gasteiger partial charge in [0.05, 0.1) is 0 Å². The second-order valence-electron chi connectivity index (χ2n) is 3.31. The number of hydrogen-bond acceptors (Lipinski definition) is 3. The Morgan fingerprint density at radius 1 is 1.54 bits per heavy atom. The molecule has 0 radical (unpaired) electrons. The van der Waals surface area contributed by atoms with Gasteiger partial charge in [-0.05, 0) is 37.6 Å². The normalized spacial score (nSPS) is 19.1. The molecule has 5 nitrogen and oxygen atoms in total. The molecule has 0 aliphatic heterocycles. The molecule has 0 N–H and O–H groups in total. The third-order valence-electron chi connectivity index (χ3n) is 2.54. The Bertz CT molecular complexity index is 217. The molecule has 0 bridgehead atoms. The lowest BCUT2D eigenvalue weighted by atomic mass is 9.98. The van der Waals surface area contributed by atoms with Crippen LogP contribution >= 0.6 is 0 Å². The molecule has 0 unspecified atom stereocenters. The van der Waals surface area contributed by atoms with Crippen molar-refractivity contribution in [1.29, 1.82) is 0 Å². The molecule has 1 aliphatic rings. The quantitative estimate of drug-likeness (QED) is 0.283. The molecule has 72 valence electrons. The van der Waals surface area contributed by atoms with E-state index in [-0.39, 0.29) is 5.60 Å². The molecule has 0 saturated heterocycles. The number of rotatable bonds is 5. The van der Waals surface area contributed by atoms with Crippen LogP contribution in [0, 0.1) is 0 Å². The molecular formula is C8H13N3O2. The zero-order valence-electron chi connectivity index (χ0n) is 7.48. The second kappa shape index (κ2) is 4.72. The minimum absolute atomic E-state index is 0.337. The van der Waals surface area contributed by atoms with Crippen LogP contribution in [-0.2, 0) is 9.53 Å². The van der Waals surface area contributed by atoms with Gasteiger partial charge in [0.25, 0.3) is 6.47 Å². The van der Waals surface area contributed by atoms with E-state index in [1.54, 1.807) is 0 Å². The monoisotopic (exact) mass is 183 g/mol. The molecule has 1 saturated carbocycles. The molecule has 0 aromatic rings. The molecule has 0 spiro atoms. The van der Waals surface area contributed by atoms with Gasteiger partial charge in [0.2, 0.25) is 0 Å². The summed E-state index contributed by atoms with van der Waals surface area (Å²) >= 11 is 0. The van der Waals surface area contributed by atoms with Crippen LogP contribution in [0.3, 0.4) is 0 Å². The van der Waals surface area contributed by atoms with Gasteiger partial charge in [-0.1, -0.05) is 5.11 Å². The maximum atomic E-state index is 10.3. The minimum atomic E-state index is -0.337. The lowest BCUT2D eigenvalue weighted by Crippen LogP contribution is -2.29. The van der Waals surface area contributed by atoms with Crippen molar-refractivity contribution < 1.29 is 9.53 Å². The average Bonchev–Trinajstić information content (AvgIpc) is 2.55. The smallest absolute Gasteiger partial charge is 0.293 e. The standard InChI is InChI=1S/C8H13N3O2/c9-11-10-6-5-8(13-7-12)3-1-2-4-8/h7H,1-6H2. The van der Waals surface area contributed by atoms with Gasteiger partial charge in [0.15, 0.2) is 0 Å². The molecular weight excluding hydrogens is 170 g/mol. The summed E-state index contributed by atoms with van der Waals surface area (Å²) in [6, 6.07) is 0. The summed E-state index contributed by atoms with van der Waals surface area (Å²) in [5.74, 6) is 0. The Labute approximate surface area is 76.7 Å². The fourth-order valence-corrected chi connectivity index (χ4v) is 1.85. The van der Waals surface area contributed by atoms with Crippen molar-refractivity contribution in [1.82, 2.24) is 0 Å². The van der Waals surface area contributed by atoms with Crippen LogP contribution in [0.1, 0.15) is 32.1 Å². The van der Waals surface area contributed by atoms with Crippen LogP contribution in [0.4, 0.5) is 0 Å². The van der Waals surface area contributed by atoms with E-state index in [9.17, 15) is 4.79 Å². The molecule has 1 rings (SSSR count). The van der Waals surface area contributed by atoms with E-state index in [0.717, 1.165) is 25.7 Å². The first-order chi connectivity index (χ1) is 6.33. The summed E-state index contributed by atoms with van der Waals surface area (Å²) in [6.07, 6.45) is 4.61. The first-order valence-corrected chi connectivity index (χ1v) is 4.45. The predicted octanol–water partition coefficient (Wildman–Crippen LogP) is 2.17. The van der Waals surface area contributed by atoms with Gasteiger partial charge in [-0.3, -0.25) is 4.79 Å². The van der Waals surface area contributed by atoms with Crippen LogP contribution < -0.4 is 0 Å². The summed E-state index contributed by atoms with van der Waals surface area (Å²) in [6.45, 7) is 0.908. The molecule has 0 aromatic carbocycles. The third kappa shape index (κ3) is 2.63. The molecule has 1 aliphatic carbocycles. The van der Waals surface area contributed by atoms with Gasteiger partial charge in [0, 0.05) is 11.5 Å². The maximum absolute atomic E-state index is 10.3. The largest absolute Gasteiger partial charge is 0.461 e.